The lowest BCUT2D eigenvalue weighted by molar-refractivity contribution is -0.117. The van der Waals surface area contributed by atoms with E-state index in [1.807, 2.05) is 48.5 Å². The molecule has 164 valence electrons. The van der Waals surface area contributed by atoms with Crippen LogP contribution in [0.5, 0.6) is 0 Å². The predicted octanol–water partition coefficient (Wildman–Crippen LogP) is 5.07. The van der Waals surface area contributed by atoms with Crippen molar-refractivity contribution in [2.45, 2.75) is 37.8 Å². The number of hydrogen-bond donors (Lipinski definition) is 1. The topological polar surface area (TPSA) is 65.5 Å². The zero-order chi connectivity index (χ0) is 22.8. The molecular weight excluding hydrogens is 414 g/mol. The van der Waals surface area contributed by atoms with Crippen molar-refractivity contribution in [3.8, 4) is 0 Å². The van der Waals surface area contributed by atoms with E-state index in [0.29, 0.717) is 0 Å². The molecule has 4 aromatic rings. The van der Waals surface area contributed by atoms with Crippen molar-refractivity contribution in [1.29, 1.82) is 0 Å². The van der Waals surface area contributed by atoms with E-state index in [2.05, 4.69) is 51.1 Å². The summed E-state index contributed by atoms with van der Waals surface area (Å²) in [6.07, 6.45) is 1.78. The first-order chi connectivity index (χ1) is 15.3. The Labute approximate surface area is 191 Å². The predicted molar refractivity (Wildman–Crippen MR) is 131 cm³/mol. The van der Waals surface area contributed by atoms with Gasteiger partial charge in [-0.05, 0) is 27.8 Å². The van der Waals surface area contributed by atoms with Crippen molar-refractivity contribution in [3.63, 3.8) is 0 Å². The van der Waals surface area contributed by atoms with Crippen molar-refractivity contribution in [2.75, 3.05) is 0 Å². The zero-order valence-electron chi connectivity index (χ0n) is 18.8. The first kappa shape index (κ1) is 22.1. The molecule has 0 radical (unpaired) electrons. The summed E-state index contributed by atoms with van der Waals surface area (Å²) in [6, 6.07) is 26.8. The summed E-state index contributed by atoms with van der Waals surface area (Å²) in [5, 5.41) is 1.01. The molecule has 3 aromatic carbocycles. The molecular formula is C27H29NO3Si. The van der Waals surface area contributed by atoms with Gasteiger partial charge in [-0.15, -0.1) is 0 Å². The maximum absolute atomic E-state index is 11.5. The van der Waals surface area contributed by atoms with Crippen molar-refractivity contribution < 1.29 is 13.6 Å². The summed E-state index contributed by atoms with van der Waals surface area (Å²) in [4.78, 5) is 11.5. The van der Waals surface area contributed by atoms with E-state index in [1.165, 1.54) is 0 Å². The van der Waals surface area contributed by atoms with Gasteiger partial charge in [-0.25, -0.2) is 0 Å². The molecule has 0 saturated carbocycles. The second-order valence-electron chi connectivity index (χ2n) is 9.38. The zero-order valence-corrected chi connectivity index (χ0v) is 20.2. The normalized spacial score (nSPS) is 12.6. The third kappa shape index (κ3) is 4.40. The smallest absolute Gasteiger partial charge is 0.221 e. The van der Waals surface area contributed by atoms with E-state index in [0.717, 1.165) is 33.2 Å². The molecule has 0 aliphatic heterocycles. The monoisotopic (exact) mass is 443 g/mol. The molecule has 0 unspecified atom stereocenters. The highest BCUT2D eigenvalue weighted by molar-refractivity contribution is 6.32. The third-order valence-electron chi connectivity index (χ3n) is 5.51. The largest absolute Gasteiger partial charge is 0.464 e. The summed E-state index contributed by atoms with van der Waals surface area (Å²) >= 11 is 0. The lowest BCUT2D eigenvalue weighted by Crippen LogP contribution is -2.36. The van der Waals surface area contributed by atoms with E-state index in [9.17, 15) is 4.79 Å². The van der Waals surface area contributed by atoms with Crippen LogP contribution in [-0.2, 0) is 21.2 Å². The first-order valence-corrected chi connectivity index (χ1v) is 12.1. The summed E-state index contributed by atoms with van der Waals surface area (Å²) in [7, 11) is -0.939. The van der Waals surface area contributed by atoms with Crippen molar-refractivity contribution in [2.24, 2.45) is 5.73 Å². The lowest BCUT2D eigenvalue weighted by Gasteiger charge is -2.38. The highest BCUT2D eigenvalue weighted by Crippen LogP contribution is 2.43. The first-order valence-electron chi connectivity index (χ1n) is 10.8. The molecule has 0 atom stereocenters. The fourth-order valence-electron chi connectivity index (χ4n) is 4.05. The van der Waals surface area contributed by atoms with Gasteiger partial charge < -0.3 is 14.6 Å². The van der Waals surface area contributed by atoms with Crippen molar-refractivity contribution in [3.05, 3.63) is 107 Å². The van der Waals surface area contributed by atoms with Crippen LogP contribution >= 0.6 is 0 Å². The van der Waals surface area contributed by atoms with Gasteiger partial charge in [0.05, 0.1) is 12.7 Å². The third-order valence-corrected chi connectivity index (χ3v) is 6.95. The van der Waals surface area contributed by atoms with Crippen LogP contribution in [0, 0.1) is 0 Å². The second kappa shape index (κ2) is 8.77. The molecule has 0 saturated heterocycles. The Bertz CT molecular complexity index is 1170. The number of furan rings is 1. The summed E-state index contributed by atoms with van der Waals surface area (Å²) in [5.41, 5.74) is 9.32. The van der Waals surface area contributed by atoms with Crippen LogP contribution < -0.4 is 5.73 Å². The van der Waals surface area contributed by atoms with Crippen LogP contribution in [-0.4, -0.2) is 15.7 Å². The van der Waals surface area contributed by atoms with Gasteiger partial charge in [0.15, 0.2) is 9.76 Å². The quantitative estimate of drug-likeness (QED) is 0.320. The average Bonchev–Trinajstić information content (AvgIpc) is 3.16. The number of amides is 1. The van der Waals surface area contributed by atoms with Gasteiger partial charge in [-0.2, -0.15) is 0 Å². The minimum absolute atomic E-state index is 0.109. The van der Waals surface area contributed by atoms with E-state index in [1.54, 1.807) is 6.26 Å². The molecule has 0 aliphatic carbocycles. The Balaban J connectivity index is 1.95. The molecule has 5 heteroatoms. The molecule has 0 aliphatic rings. The van der Waals surface area contributed by atoms with Gasteiger partial charge in [0, 0.05) is 10.9 Å². The Morgan fingerprint density at radius 3 is 2.03 bits per heavy atom. The Morgan fingerprint density at radius 1 is 0.906 bits per heavy atom. The number of primary amides is 1. The van der Waals surface area contributed by atoms with Crippen LogP contribution in [0.3, 0.4) is 0 Å². The Kier molecular flexibility index (Phi) is 6.04. The van der Waals surface area contributed by atoms with Crippen LogP contribution in [0.15, 0.2) is 89.5 Å². The SMILES string of the molecule is CC(C)(C)[SiH2]OC(c1ccccc1)(c1ccccc1)c1ccc2c(CC(N)=O)coc2c1. The van der Waals surface area contributed by atoms with Gasteiger partial charge >= 0.3 is 0 Å². The fourth-order valence-corrected chi connectivity index (χ4v) is 5.20. The summed E-state index contributed by atoms with van der Waals surface area (Å²) in [6.45, 7) is 6.68. The van der Waals surface area contributed by atoms with Gasteiger partial charge in [0.2, 0.25) is 5.91 Å². The maximum Gasteiger partial charge on any atom is 0.221 e. The second-order valence-corrected chi connectivity index (χ2v) is 12.1. The molecule has 0 fully saturated rings. The number of fused-ring (bicyclic) bond motifs is 1. The molecule has 1 amide bonds. The fraction of sp³-hybridized carbons (Fsp3) is 0.222. The van der Waals surface area contributed by atoms with Crippen molar-refractivity contribution in [1.82, 2.24) is 0 Å². The standard InChI is InChI=1S/C27H29NO3Si/c1-26(2,3)32-31-27(20-10-6-4-7-11-20,21-12-8-5-9-13-21)22-14-15-23-19(16-25(28)29)18-30-24(23)17-22/h4-15,17-18H,16,32H2,1-3H3,(H2,28,29). The van der Waals surface area contributed by atoms with E-state index in [-0.39, 0.29) is 17.4 Å². The lowest BCUT2D eigenvalue weighted by atomic mass is 9.80. The summed E-state index contributed by atoms with van der Waals surface area (Å²) < 4.78 is 12.8. The minimum Gasteiger partial charge on any atom is -0.464 e. The van der Waals surface area contributed by atoms with Gasteiger partial charge in [0.25, 0.3) is 0 Å². The maximum atomic E-state index is 11.5. The highest BCUT2D eigenvalue weighted by atomic mass is 28.2. The van der Waals surface area contributed by atoms with E-state index in [4.69, 9.17) is 14.6 Å². The molecule has 1 aromatic heterocycles. The van der Waals surface area contributed by atoms with Crippen LogP contribution in [0.4, 0.5) is 0 Å². The van der Waals surface area contributed by atoms with E-state index < -0.39 is 15.4 Å². The van der Waals surface area contributed by atoms with Crippen molar-refractivity contribution >= 4 is 26.6 Å². The molecule has 1 heterocycles. The molecule has 2 N–H and O–H groups in total. The molecule has 4 nitrogen and oxygen atoms in total. The van der Waals surface area contributed by atoms with Gasteiger partial charge in [-0.1, -0.05) is 93.6 Å². The number of carbonyl (C=O) groups is 1. The number of rotatable bonds is 7. The Hall–Kier alpha value is -3.15. The Morgan fingerprint density at radius 2 is 1.50 bits per heavy atom. The number of benzene rings is 3. The average molecular weight is 444 g/mol. The number of hydrogen-bond acceptors (Lipinski definition) is 3. The van der Waals surface area contributed by atoms with Crippen LogP contribution in [0.1, 0.15) is 43.0 Å². The molecule has 32 heavy (non-hydrogen) atoms. The van der Waals surface area contributed by atoms with E-state index >= 15 is 0 Å². The molecule has 0 bridgehead atoms. The highest BCUT2D eigenvalue weighted by Gasteiger charge is 2.38. The van der Waals surface area contributed by atoms with Crippen LogP contribution in [0.2, 0.25) is 5.04 Å². The number of carbonyl (C=O) groups excluding carboxylic acids is 1. The number of nitrogens with two attached hydrogens (primary N) is 1. The summed E-state index contributed by atoms with van der Waals surface area (Å²) in [5.74, 6) is -0.376. The minimum atomic E-state index is -0.939. The molecule has 0 spiro atoms. The molecule has 4 rings (SSSR count). The van der Waals surface area contributed by atoms with Crippen LogP contribution in [0.25, 0.3) is 11.0 Å². The van der Waals surface area contributed by atoms with Gasteiger partial charge in [-0.3, -0.25) is 4.79 Å². The van der Waals surface area contributed by atoms with Gasteiger partial charge in [0.1, 0.15) is 11.2 Å².